The molecule has 20 rings (SSSR count). The molecule has 2 N–H and O–H groups in total. The Hall–Kier alpha value is -8.26. The summed E-state index contributed by atoms with van der Waals surface area (Å²) >= 11 is 0. The van der Waals surface area contributed by atoms with E-state index in [1.54, 1.807) is 28.4 Å². The Balaban J connectivity index is 0.000000135. The molecule has 8 aliphatic heterocycles. The van der Waals surface area contributed by atoms with Crippen LogP contribution in [-0.2, 0) is 95.1 Å². The molecule has 6 fully saturated rings. The van der Waals surface area contributed by atoms with Gasteiger partial charge in [0.1, 0.15) is 22.7 Å². The third-order valence-corrected chi connectivity index (χ3v) is 37.5. The van der Waals surface area contributed by atoms with Crippen molar-refractivity contribution in [2.45, 2.75) is 467 Å². The van der Waals surface area contributed by atoms with Gasteiger partial charge >= 0.3 is 23.9 Å². The molecule has 0 aromatic heterocycles. The number of ketones is 2. The van der Waals surface area contributed by atoms with E-state index < -0.39 is 68.5 Å². The Bertz CT molecular complexity index is 5260. The molecule has 4 unspecified atom stereocenters. The molecular weight excluding hydrogens is 1820 g/mol. The molecule has 16 aliphatic rings. The highest BCUT2D eigenvalue weighted by Crippen LogP contribution is 2.71. The van der Waals surface area contributed by atoms with Crippen LogP contribution in [0.5, 0.6) is 46.0 Å². The Morgan fingerprint density at radius 1 is 0.319 bits per heavy atom. The van der Waals surface area contributed by atoms with Crippen LogP contribution in [0.25, 0.3) is 0 Å². The molecule has 4 spiro atoms. The van der Waals surface area contributed by atoms with Gasteiger partial charge in [-0.2, -0.15) is 0 Å². The lowest BCUT2D eigenvalue weighted by atomic mass is 9.49. The number of unbranched alkanes of at least 4 members (excludes halogenated alkanes) is 32. The van der Waals surface area contributed by atoms with E-state index in [1.807, 2.05) is 36.4 Å². The number of carbonyl (C=O) groups is 6. The molecule has 8 bridgehead atoms. The van der Waals surface area contributed by atoms with Gasteiger partial charge in [0.05, 0.1) is 73.4 Å². The minimum atomic E-state index is -0.970. The standard InChI is InChI=1S/C42H65NO6.2C30H43NO5.C18H21NO4/c1-5-7-9-11-13-15-17-19-21-23-36(44)47-34-27-28-42(49-37(45)24-22-20-18-16-14-12-10-8-6-2)35-31-32-25-26-33(46-4)39-38(32)41(42,40(34)48-39)29-30-43(35)3;1-4-5-6-7-8-9-10-11-12-13-25(33)36-30-17-16-22(32)28-29(30)18-19-31(2)24(30)20-21-14-15-23(34-3)27(35-28)26(21)29;1-4-5-6-7-8-9-10-11-12-13-25(32)35-23-16-17-30(33)24-20-21-14-15-22(34-3)27-26(21)29(30,28(23)36-27)18-19-31(24)2;1-19-8-7-17-14-10-3-4-12(22-2)15(14)23-16(17)11(20)5-6-18(17,21)13(19)9-10/h25-27,35,40H,5-24,28-31H2,1-4H3;14-15,24,28H,4-13,16-20H2,1-3H3;14-16,24,28,33H,4-13,17-20H2,1-3H3;3-4,13,16,21H,5-9H2,1-2H3/t35-,40?,41+,42-;2*24-,28?,29+,30-;13-,16?,17+,18-/m1111/s1. The maximum Gasteiger partial charge on any atom is 0.310 e. The summed E-state index contributed by atoms with van der Waals surface area (Å²) in [7, 11) is 15.0. The van der Waals surface area contributed by atoms with Gasteiger partial charge in [-0.25, -0.2) is 0 Å². The second kappa shape index (κ2) is 46.5. The van der Waals surface area contributed by atoms with Crippen LogP contribution in [0.4, 0.5) is 0 Å². The molecule has 4 aromatic rings. The van der Waals surface area contributed by atoms with E-state index in [0.29, 0.717) is 116 Å². The molecule has 144 heavy (non-hydrogen) atoms. The van der Waals surface area contributed by atoms with Crippen LogP contribution in [0, 0.1) is 0 Å². The van der Waals surface area contributed by atoms with Crippen LogP contribution >= 0.6 is 0 Å². The van der Waals surface area contributed by atoms with E-state index in [0.717, 1.165) is 163 Å². The smallest absolute Gasteiger partial charge is 0.310 e. The zero-order chi connectivity index (χ0) is 101. The normalized spacial score (nSPS) is 29.9. The number of aliphatic hydroxyl groups is 2. The number of esters is 4. The molecule has 8 aliphatic carbocycles. The molecule has 8 heterocycles. The summed E-state index contributed by atoms with van der Waals surface area (Å²) in [6.45, 7) is 12.4. The number of likely N-dealkylation sites (N-methyl/N-ethyl adjacent to an activating group) is 4. The number of piperidine rings is 4. The van der Waals surface area contributed by atoms with Gasteiger partial charge in [-0.3, -0.25) is 38.6 Å². The van der Waals surface area contributed by atoms with Crippen molar-refractivity contribution in [3.05, 3.63) is 117 Å². The molecule has 24 heteroatoms. The van der Waals surface area contributed by atoms with Crippen LogP contribution in [0.2, 0.25) is 0 Å². The fourth-order valence-electron chi connectivity index (χ4n) is 30.1. The average molecular weight is 1990 g/mol. The number of hydrogen-bond donors (Lipinski definition) is 2. The lowest BCUT2D eigenvalue weighted by molar-refractivity contribution is -0.213. The lowest BCUT2D eigenvalue weighted by Crippen LogP contribution is -2.77. The van der Waals surface area contributed by atoms with Crippen molar-refractivity contribution in [2.75, 3.05) is 82.8 Å². The van der Waals surface area contributed by atoms with Crippen molar-refractivity contribution in [1.29, 1.82) is 0 Å². The molecule has 0 amide bonds. The van der Waals surface area contributed by atoms with E-state index in [1.165, 1.54) is 196 Å². The monoisotopic (exact) mass is 1990 g/mol. The summed E-state index contributed by atoms with van der Waals surface area (Å²) in [5.74, 6) is 6.22. The fourth-order valence-corrected chi connectivity index (χ4v) is 30.1. The van der Waals surface area contributed by atoms with Crippen LogP contribution in [-0.4, -0.2) is 219 Å². The number of rotatable bonds is 48. The van der Waals surface area contributed by atoms with E-state index >= 15 is 0 Å². The molecule has 4 aromatic carbocycles. The molecule has 4 saturated heterocycles. The third-order valence-electron chi connectivity index (χ3n) is 37.5. The van der Waals surface area contributed by atoms with Crippen LogP contribution in [0.15, 0.2) is 72.2 Å². The Labute approximate surface area is 858 Å². The van der Waals surface area contributed by atoms with Crippen LogP contribution in [0.1, 0.15) is 393 Å². The second-order valence-corrected chi connectivity index (χ2v) is 45.6. The topological polar surface area (TPSA) is 267 Å². The van der Waals surface area contributed by atoms with E-state index in [9.17, 15) is 39.0 Å². The number of carbonyl (C=O) groups excluding carboxylic acids is 6. The number of Topliss-reactive ketones (excluding diaryl/α,β-unsaturated/α-hetero) is 2. The minimum Gasteiger partial charge on any atom is -0.493 e. The Kier molecular flexibility index (Phi) is 34.5. The highest BCUT2D eigenvalue weighted by Gasteiger charge is 2.79. The number of ether oxygens (including phenoxy) is 12. The number of nitrogens with zero attached hydrogens (tertiary/aromatic N) is 4. The molecule has 24 nitrogen and oxygen atoms in total. The zero-order valence-electron chi connectivity index (χ0n) is 89.4. The summed E-state index contributed by atoms with van der Waals surface area (Å²) in [6.07, 6.45) is 55.9. The van der Waals surface area contributed by atoms with Gasteiger partial charge < -0.3 is 76.9 Å². The summed E-state index contributed by atoms with van der Waals surface area (Å²) in [4.78, 5) is 88.4. The van der Waals surface area contributed by atoms with Crippen molar-refractivity contribution in [2.24, 2.45) is 0 Å². The first-order valence-corrected chi connectivity index (χ1v) is 56.9. The summed E-state index contributed by atoms with van der Waals surface area (Å²) in [5.41, 5.74) is 3.19. The molecular formula is C120H172N4O20. The van der Waals surface area contributed by atoms with Gasteiger partial charge in [0.25, 0.3) is 0 Å². The number of methoxy groups -OCH3 is 4. The van der Waals surface area contributed by atoms with E-state index in [4.69, 9.17) is 56.8 Å². The van der Waals surface area contributed by atoms with Crippen molar-refractivity contribution >= 4 is 35.4 Å². The first kappa shape index (κ1) is 107. The predicted octanol–water partition coefficient (Wildman–Crippen LogP) is 21.9. The SMILES string of the molecule is CCCCCCCCCCCC(=O)OC1=CC[C@@]2(O)[C@H]3Cc4ccc(OC)c5c4[C@@]2(CCN3C)C1O5.CCCCCCCCCCCC(=O)OC1=CC[C@@]2(OC(=O)CCCCCCCCCCC)[C@H]3Cc4ccc(OC)c5c4[C@@]2(CCN3C)C1O5.CCCCCCCCCCCC(=O)O[C@@]12CCC(=O)C3Oc4c(OC)ccc5c4[C@@]31CCN(C)[C@@H]2C5.COc1ccc2c3c1OC1C(=O)CC[C@@]4(O)[C@@H](C2)N(C)CC[C@]314. The highest BCUT2D eigenvalue weighted by molar-refractivity contribution is 5.92. The van der Waals surface area contributed by atoms with Crippen LogP contribution < -0.4 is 37.9 Å². The van der Waals surface area contributed by atoms with Crippen molar-refractivity contribution in [3.8, 4) is 46.0 Å². The summed E-state index contributed by atoms with van der Waals surface area (Å²) in [5, 5.41) is 24.0. The largest absolute Gasteiger partial charge is 0.493 e. The third kappa shape index (κ3) is 19.3. The molecule has 0 radical (unpaired) electrons. The second-order valence-electron chi connectivity index (χ2n) is 45.6. The highest BCUT2D eigenvalue weighted by atomic mass is 16.6. The Morgan fingerprint density at radius 3 is 0.965 bits per heavy atom. The molecule has 16 atom stereocenters. The van der Waals surface area contributed by atoms with Crippen molar-refractivity contribution in [1.82, 2.24) is 19.6 Å². The van der Waals surface area contributed by atoms with E-state index in [-0.39, 0.29) is 59.6 Å². The van der Waals surface area contributed by atoms with Gasteiger partial charge in [0.2, 0.25) is 0 Å². The van der Waals surface area contributed by atoms with Gasteiger partial charge in [-0.15, -0.1) is 0 Å². The maximum atomic E-state index is 13.8. The number of hydrogen-bond acceptors (Lipinski definition) is 24. The maximum absolute atomic E-state index is 13.8. The lowest BCUT2D eigenvalue weighted by Gasteiger charge is -2.63. The van der Waals surface area contributed by atoms with E-state index in [2.05, 4.69) is 99.8 Å². The predicted molar refractivity (Wildman–Crippen MR) is 556 cm³/mol. The minimum absolute atomic E-state index is 0.000306. The van der Waals surface area contributed by atoms with Crippen molar-refractivity contribution < 1.29 is 95.8 Å². The zero-order valence-corrected chi connectivity index (χ0v) is 89.4. The number of benzene rings is 4. The van der Waals surface area contributed by atoms with Gasteiger partial charge in [0, 0.05) is 85.7 Å². The average Bonchev–Trinajstić information content (AvgIpc) is 1.48. The van der Waals surface area contributed by atoms with Crippen molar-refractivity contribution in [3.63, 3.8) is 0 Å². The first-order valence-electron chi connectivity index (χ1n) is 56.9. The fraction of sp³-hybridized carbons (Fsp3) is 0.717. The molecule has 2 saturated carbocycles. The van der Waals surface area contributed by atoms with Gasteiger partial charge in [-0.05, 0) is 203 Å². The summed E-state index contributed by atoms with van der Waals surface area (Å²) in [6, 6.07) is 16.4. The van der Waals surface area contributed by atoms with Gasteiger partial charge in [0.15, 0.2) is 82.0 Å². The number of likely N-dealkylation sites (tertiary alicyclic amines) is 4. The Morgan fingerprint density at radius 2 is 0.590 bits per heavy atom. The summed E-state index contributed by atoms with van der Waals surface area (Å²) < 4.78 is 74.2. The van der Waals surface area contributed by atoms with Crippen LogP contribution in [0.3, 0.4) is 0 Å². The molecule has 792 valence electrons. The first-order chi connectivity index (χ1) is 69.9. The van der Waals surface area contributed by atoms with Gasteiger partial charge in [-0.1, -0.05) is 257 Å². The quantitative estimate of drug-likeness (QED) is 0.0236.